The van der Waals surface area contributed by atoms with E-state index in [0.29, 0.717) is 24.2 Å². The molecule has 3 aromatic carbocycles. The molecule has 0 radical (unpaired) electrons. The van der Waals surface area contributed by atoms with Crippen LogP contribution < -0.4 is 20.5 Å². The Morgan fingerprint density at radius 1 is 0.967 bits per heavy atom. The van der Waals surface area contributed by atoms with E-state index in [1.807, 2.05) is 30.3 Å². The van der Waals surface area contributed by atoms with E-state index >= 15 is 0 Å². The fourth-order valence-electron chi connectivity index (χ4n) is 2.69. The molecule has 0 saturated carbocycles. The minimum atomic E-state index is -1.11. The Labute approximate surface area is 171 Å². The van der Waals surface area contributed by atoms with Crippen LogP contribution in [0.2, 0.25) is 0 Å². The van der Waals surface area contributed by atoms with Crippen LogP contribution in [0.3, 0.4) is 0 Å². The molecule has 0 fully saturated rings. The summed E-state index contributed by atoms with van der Waals surface area (Å²) in [6, 6.07) is 15.3. The molecule has 0 unspecified atom stereocenters. The summed E-state index contributed by atoms with van der Waals surface area (Å²) in [5.74, 6) is -3.20. The summed E-state index contributed by atoms with van der Waals surface area (Å²) in [5, 5.41) is 2.29. The second-order valence-corrected chi connectivity index (χ2v) is 6.27. The first-order valence-electron chi connectivity index (χ1n) is 8.84. The highest BCUT2D eigenvalue weighted by Gasteiger charge is 2.17. The Morgan fingerprint density at radius 3 is 2.37 bits per heavy atom. The standard InChI is InChI=1S/C22H18F2N2O4/c1-29-20-9-14(7-8-19(20)30-12-13-5-3-2-4-6-13)22(28)26-18-10-15(21(25)27)16(23)11-17(18)24/h2-11H,12H2,1H3,(H2,25,27)(H,26,28). The molecule has 2 amide bonds. The van der Waals surface area contributed by atoms with Crippen molar-refractivity contribution in [2.24, 2.45) is 5.73 Å². The van der Waals surface area contributed by atoms with Crippen LogP contribution in [0.5, 0.6) is 11.5 Å². The maximum atomic E-state index is 14.0. The number of anilines is 1. The molecule has 0 aliphatic rings. The van der Waals surface area contributed by atoms with Gasteiger partial charge in [0.15, 0.2) is 11.5 Å². The number of nitrogens with one attached hydrogen (secondary N) is 1. The number of rotatable bonds is 7. The molecule has 0 bridgehead atoms. The van der Waals surface area contributed by atoms with Crippen LogP contribution in [0.15, 0.2) is 60.7 Å². The molecule has 0 aliphatic heterocycles. The number of carbonyl (C=O) groups is 2. The lowest BCUT2D eigenvalue weighted by Crippen LogP contribution is -2.17. The van der Waals surface area contributed by atoms with Crippen LogP contribution in [0.1, 0.15) is 26.3 Å². The van der Waals surface area contributed by atoms with Crippen LogP contribution in [0.4, 0.5) is 14.5 Å². The van der Waals surface area contributed by atoms with Crippen molar-refractivity contribution < 1.29 is 27.8 Å². The van der Waals surface area contributed by atoms with Gasteiger partial charge in [0.2, 0.25) is 0 Å². The van der Waals surface area contributed by atoms with Crippen LogP contribution in [0, 0.1) is 11.6 Å². The molecule has 0 spiro atoms. The molecule has 0 heterocycles. The summed E-state index contributed by atoms with van der Waals surface area (Å²) in [7, 11) is 1.42. The van der Waals surface area contributed by atoms with Gasteiger partial charge in [-0.05, 0) is 29.8 Å². The van der Waals surface area contributed by atoms with Crippen LogP contribution >= 0.6 is 0 Å². The van der Waals surface area contributed by atoms with Crippen molar-refractivity contribution in [3.05, 3.63) is 89.0 Å². The maximum absolute atomic E-state index is 14.0. The maximum Gasteiger partial charge on any atom is 0.255 e. The summed E-state index contributed by atoms with van der Waals surface area (Å²) >= 11 is 0. The van der Waals surface area contributed by atoms with Crippen LogP contribution in [-0.4, -0.2) is 18.9 Å². The molecule has 0 aliphatic carbocycles. The first kappa shape index (κ1) is 20.8. The van der Waals surface area contributed by atoms with Crippen molar-refractivity contribution in [2.75, 3.05) is 12.4 Å². The molecule has 3 N–H and O–H groups in total. The van der Waals surface area contributed by atoms with Gasteiger partial charge >= 0.3 is 0 Å². The normalized spacial score (nSPS) is 10.4. The van der Waals surface area contributed by atoms with Crippen LogP contribution in [-0.2, 0) is 6.61 Å². The van der Waals surface area contributed by atoms with E-state index in [9.17, 15) is 18.4 Å². The van der Waals surface area contributed by atoms with Gasteiger partial charge in [-0.2, -0.15) is 0 Å². The average Bonchev–Trinajstić information content (AvgIpc) is 2.74. The highest BCUT2D eigenvalue weighted by molar-refractivity contribution is 6.05. The van der Waals surface area contributed by atoms with Crippen molar-refractivity contribution in [2.45, 2.75) is 6.61 Å². The predicted octanol–water partition coefficient (Wildman–Crippen LogP) is 3.90. The average molecular weight is 412 g/mol. The molecule has 3 rings (SSSR count). The van der Waals surface area contributed by atoms with Gasteiger partial charge in [-0.15, -0.1) is 0 Å². The second-order valence-electron chi connectivity index (χ2n) is 6.27. The fourth-order valence-corrected chi connectivity index (χ4v) is 2.69. The van der Waals surface area contributed by atoms with Gasteiger partial charge in [0.1, 0.15) is 18.2 Å². The van der Waals surface area contributed by atoms with Crippen molar-refractivity contribution in [3.63, 3.8) is 0 Å². The highest BCUT2D eigenvalue weighted by atomic mass is 19.1. The number of carbonyl (C=O) groups excluding carboxylic acids is 2. The Bertz CT molecular complexity index is 1090. The minimum absolute atomic E-state index is 0.142. The van der Waals surface area contributed by atoms with Crippen LogP contribution in [0.25, 0.3) is 0 Å². The van der Waals surface area contributed by atoms with E-state index in [0.717, 1.165) is 11.6 Å². The third-order valence-electron chi connectivity index (χ3n) is 4.23. The number of hydrogen-bond donors (Lipinski definition) is 2. The van der Waals surface area contributed by atoms with Gasteiger partial charge in [0.25, 0.3) is 11.8 Å². The minimum Gasteiger partial charge on any atom is -0.493 e. The quantitative estimate of drug-likeness (QED) is 0.616. The molecule has 30 heavy (non-hydrogen) atoms. The van der Waals surface area contributed by atoms with Crippen molar-refractivity contribution in [1.29, 1.82) is 0 Å². The molecular weight excluding hydrogens is 394 g/mol. The highest BCUT2D eigenvalue weighted by Crippen LogP contribution is 2.29. The number of hydrogen-bond acceptors (Lipinski definition) is 4. The predicted molar refractivity (Wildman–Crippen MR) is 107 cm³/mol. The lowest BCUT2D eigenvalue weighted by molar-refractivity contribution is 0.0992. The Balaban J connectivity index is 1.78. The zero-order valence-corrected chi connectivity index (χ0v) is 15.9. The summed E-state index contributed by atoms with van der Waals surface area (Å²) in [6.07, 6.45) is 0. The van der Waals surface area contributed by atoms with Crippen molar-refractivity contribution in [3.8, 4) is 11.5 Å². The van der Waals surface area contributed by atoms with E-state index < -0.39 is 29.0 Å². The van der Waals surface area contributed by atoms with Gasteiger partial charge in [-0.1, -0.05) is 30.3 Å². The zero-order chi connectivity index (χ0) is 21.7. The molecular formula is C22H18F2N2O4. The molecule has 0 aromatic heterocycles. The lowest BCUT2D eigenvalue weighted by atomic mass is 10.1. The molecule has 8 heteroatoms. The third-order valence-corrected chi connectivity index (χ3v) is 4.23. The molecule has 154 valence electrons. The van der Waals surface area contributed by atoms with Crippen molar-refractivity contribution >= 4 is 17.5 Å². The first-order valence-corrected chi connectivity index (χ1v) is 8.84. The van der Waals surface area contributed by atoms with E-state index in [4.69, 9.17) is 15.2 Å². The first-order chi connectivity index (χ1) is 14.4. The number of methoxy groups -OCH3 is 1. The zero-order valence-electron chi connectivity index (χ0n) is 15.9. The van der Waals surface area contributed by atoms with Gasteiger partial charge in [0.05, 0.1) is 18.4 Å². The number of ether oxygens (including phenoxy) is 2. The third kappa shape index (κ3) is 4.72. The van der Waals surface area contributed by atoms with E-state index in [1.54, 1.807) is 6.07 Å². The topological polar surface area (TPSA) is 90.6 Å². The number of halogens is 2. The largest absolute Gasteiger partial charge is 0.493 e. The van der Waals surface area contributed by atoms with Crippen molar-refractivity contribution in [1.82, 2.24) is 0 Å². The Kier molecular flexibility index (Phi) is 6.26. The molecule has 3 aromatic rings. The number of primary amides is 1. The van der Waals surface area contributed by atoms with Gasteiger partial charge in [-0.25, -0.2) is 8.78 Å². The summed E-state index contributed by atoms with van der Waals surface area (Å²) in [5.41, 5.74) is 5.25. The number of benzene rings is 3. The van der Waals surface area contributed by atoms with E-state index in [2.05, 4.69) is 5.32 Å². The summed E-state index contributed by atoms with van der Waals surface area (Å²) < 4.78 is 38.6. The monoisotopic (exact) mass is 412 g/mol. The van der Waals surface area contributed by atoms with E-state index in [-0.39, 0.29) is 11.3 Å². The van der Waals surface area contributed by atoms with Gasteiger partial charge in [0, 0.05) is 11.6 Å². The Hall–Kier alpha value is -3.94. The number of nitrogens with two attached hydrogens (primary N) is 1. The summed E-state index contributed by atoms with van der Waals surface area (Å²) in [4.78, 5) is 23.7. The second kappa shape index (κ2) is 9.04. The van der Waals surface area contributed by atoms with E-state index in [1.165, 1.54) is 19.2 Å². The SMILES string of the molecule is COc1cc(C(=O)Nc2cc(C(N)=O)c(F)cc2F)ccc1OCc1ccccc1. The summed E-state index contributed by atoms with van der Waals surface area (Å²) in [6.45, 7) is 0.305. The van der Waals surface area contributed by atoms with Gasteiger partial charge in [-0.3, -0.25) is 9.59 Å². The molecule has 0 saturated heterocycles. The molecule has 0 atom stereocenters. The Morgan fingerprint density at radius 2 is 1.70 bits per heavy atom. The number of amides is 2. The smallest absolute Gasteiger partial charge is 0.255 e. The fraction of sp³-hybridized carbons (Fsp3) is 0.0909. The molecule has 6 nitrogen and oxygen atoms in total. The lowest BCUT2D eigenvalue weighted by Gasteiger charge is -2.13. The van der Waals surface area contributed by atoms with Gasteiger partial charge < -0.3 is 20.5 Å².